The second-order valence-electron chi connectivity index (χ2n) is 13.5. The maximum Gasteiger partial charge on any atom is 0.138 e. The summed E-state index contributed by atoms with van der Waals surface area (Å²) in [5.41, 5.74) is 9.82. The third-order valence-electron chi connectivity index (χ3n) is 10.6. The Bertz CT molecular complexity index is 3380. The van der Waals surface area contributed by atoms with E-state index in [1.165, 1.54) is 30.9 Å². The molecule has 12 aromatic rings. The highest BCUT2D eigenvalue weighted by Gasteiger charge is 2.19. The summed E-state index contributed by atoms with van der Waals surface area (Å²) in [5.74, 6) is 0.859. The molecule has 242 valence electrons. The van der Waals surface area contributed by atoms with Crippen LogP contribution in [0.1, 0.15) is 0 Å². The van der Waals surface area contributed by atoms with Crippen molar-refractivity contribution in [2.45, 2.75) is 0 Å². The van der Waals surface area contributed by atoms with E-state index in [1.807, 2.05) is 23.5 Å². The Hall–Kier alpha value is -6.69. The third-order valence-corrected chi connectivity index (χ3v) is 11.7. The van der Waals surface area contributed by atoms with Gasteiger partial charge in [-0.25, -0.2) is 4.98 Å². The predicted octanol–water partition coefficient (Wildman–Crippen LogP) is 13.7. The Morgan fingerprint density at radius 2 is 1.06 bits per heavy atom. The van der Waals surface area contributed by atoms with Crippen molar-refractivity contribution >= 4 is 97.2 Å². The number of furan rings is 2. The monoisotopic (exact) mass is 682 g/mol. The van der Waals surface area contributed by atoms with E-state index in [2.05, 4.69) is 150 Å². The summed E-state index contributed by atoms with van der Waals surface area (Å²) in [6, 6.07) is 55.8. The lowest BCUT2D eigenvalue weighted by molar-refractivity contribution is 0.669. The van der Waals surface area contributed by atoms with Gasteiger partial charge in [0.2, 0.25) is 0 Å². The van der Waals surface area contributed by atoms with Gasteiger partial charge in [-0.05, 0) is 90.0 Å². The largest absolute Gasteiger partial charge is 0.456 e. The first-order valence-corrected chi connectivity index (χ1v) is 18.3. The van der Waals surface area contributed by atoms with Crippen LogP contribution in [0, 0.1) is 0 Å². The number of hydrogen-bond donors (Lipinski definition) is 0. The van der Waals surface area contributed by atoms with Crippen molar-refractivity contribution in [3.8, 4) is 28.2 Å². The van der Waals surface area contributed by atoms with Crippen molar-refractivity contribution in [2.24, 2.45) is 0 Å². The van der Waals surface area contributed by atoms with Crippen LogP contribution in [0.3, 0.4) is 0 Å². The maximum absolute atomic E-state index is 6.48. The lowest BCUT2D eigenvalue weighted by Crippen LogP contribution is -2.00. The Morgan fingerprint density at radius 1 is 0.404 bits per heavy atom. The highest BCUT2D eigenvalue weighted by molar-refractivity contribution is 7.26. The van der Waals surface area contributed by atoms with Gasteiger partial charge < -0.3 is 8.83 Å². The van der Waals surface area contributed by atoms with E-state index in [-0.39, 0.29) is 0 Å². The van der Waals surface area contributed by atoms with Gasteiger partial charge in [-0.2, -0.15) is 0 Å². The first-order valence-electron chi connectivity index (χ1n) is 17.4. The molecule has 5 aromatic heterocycles. The number of benzene rings is 7. The zero-order valence-corrected chi connectivity index (χ0v) is 28.4. The molecule has 7 aromatic carbocycles. The summed E-state index contributed by atoms with van der Waals surface area (Å²) in [6.07, 6.45) is 0. The van der Waals surface area contributed by atoms with E-state index in [1.54, 1.807) is 0 Å². The SMILES string of the molecule is c1ccc2c(c1)oc1cc(-c3cc(-c4ccc5oc6ccc7sc8ccccc8c7c6c5c4)nc(-n4c5ccccc5c5ccccc54)c3)ccc12. The highest BCUT2D eigenvalue weighted by Crippen LogP contribution is 2.44. The van der Waals surface area contributed by atoms with Crippen LogP contribution < -0.4 is 0 Å². The molecular weight excluding hydrogens is 657 g/mol. The van der Waals surface area contributed by atoms with Gasteiger partial charge >= 0.3 is 0 Å². The van der Waals surface area contributed by atoms with Crippen LogP contribution in [0.2, 0.25) is 0 Å². The molecule has 0 fully saturated rings. The zero-order valence-electron chi connectivity index (χ0n) is 27.6. The van der Waals surface area contributed by atoms with Crippen LogP contribution in [0.15, 0.2) is 167 Å². The van der Waals surface area contributed by atoms with Crippen LogP contribution in [0.5, 0.6) is 0 Å². The third kappa shape index (κ3) is 3.94. The fraction of sp³-hybridized carbons (Fsp3) is 0. The molecule has 0 spiro atoms. The van der Waals surface area contributed by atoms with E-state index in [4.69, 9.17) is 13.8 Å². The predicted molar refractivity (Wildman–Crippen MR) is 217 cm³/mol. The number of fused-ring (bicyclic) bond motifs is 13. The van der Waals surface area contributed by atoms with Crippen LogP contribution in [0.4, 0.5) is 0 Å². The van der Waals surface area contributed by atoms with Gasteiger partial charge in [-0.1, -0.05) is 78.9 Å². The molecule has 0 amide bonds. The molecule has 0 bridgehead atoms. The van der Waals surface area contributed by atoms with Gasteiger partial charge in [0.25, 0.3) is 0 Å². The molecule has 4 nitrogen and oxygen atoms in total. The van der Waals surface area contributed by atoms with E-state index in [0.717, 1.165) is 83.1 Å². The fourth-order valence-electron chi connectivity index (χ4n) is 8.26. The van der Waals surface area contributed by atoms with Gasteiger partial charge in [0.05, 0.1) is 16.7 Å². The molecule has 0 N–H and O–H groups in total. The Balaban J connectivity index is 1.14. The lowest BCUT2D eigenvalue weighted by atomic mass is 10.00. The molecule has 0 aliphatic carbocycles. The smallest absolute Gasteiger partial charge is 0.138 e. The molecule has 0 aliphatic rings. The molecule has 12 rings (SSSR count). The van der Waals surface area contributed by atoms with Gasteiger partial charge in [-0.15, -0.1) is 11.3 Å². The first kappa shape index (κ1) is 28.1. The van der Waals surface area contributed by atoms with E-state index in [9.17, 15) is 0 Å². The Kier molecular flexibility index (Phi) is 5.62. The van der Waals surface area contributed by atoms with Crippen LogP contribution in [0.25, 0.3) is 114 Å². The van der Waals surface area contributed by atoms with Crippen molar-refractivity contribution in [3.05, 3.63) is 158 Å². The zero-order chi connectivity index (χ0) is 33.9. The van der Waals surface area contributed by atoms with Crippen LogP contribution in [-0.2, 0) is 0 Å². The minimum atomic E-state index is 0.859. The number of thiophene rings is 1. The number of pyridine rings is 1. The Labute approximate surface area is 300 Å². The lowest BCUT2D eigenvalue weighted by Gasteiger charge is -2.13. The summed E-state index contributed by atoms with van der Waals surface area (Å²) >= 11 is 1.83. The standard InChI is InChI=1S/C47H26N2O2S/c1-5-13-37-30(9-1)31-10-2-6-14-38(31)49(37)45-26-29(27-17-19-33-32-11-3-7-15-39(32)51-42(33)25-27)24-36(48-45)28-18-20-40-35(23-28)46-41(50-40)21-22-44-47(46)34-12-4-8-16-43(34)52-44/h1-26H. The van der Waals surface area contributed by atoms with E-state index in [0.29, 0.717) is 0 Å². The summed E-state index contributed by atoms with van der Waals surface area (Å²) in [5, 5.41) is 9.40. The van der Waals surface area contributed by atoms with Crippen molar-refractivity contribution in [1.29, 1.82) is 0 Å². The topological polar surface area (TPSA) is 44.1 Å². The molecule has 52 heavy (non-hydrogen) atoms. The van der Waals surface area contributed by atoms with Crippen molar-refractivity contribution in [3.63, 3.8) is 0 Å². The summed E-state index contributed by atoms with van der Waals surface area (Å²) in [4.78, 5) is 5.45. The minimum Gasteiger partial charge on any atom is -0.456 e. The van der Waals surface area contributed by atoms with Gasteiger partial charge in [0.15, 0.2) is 0 Å². The average Bonchev–Trinajstić information content (AvgIpc) is 3.95. The van der Waals surface area contributed by atoms with Gasteiger partial charge in [0.1, 0.15) is 28.1 Å². The number of nitrogens with zero attached hydrogens (tertiary/aromatic N) is 2. The van der Waals surface area contributed by atoms with Crippen molar-refractivity contribution in [1.82, 2.24) is 9.55 Å². The number of rotatable bonds is 3. The molecule has 5 heteroatoms. The molecule has 0 aliphatic heterocycles. The summed E-state index contributed by atoms with van der Waals surface area (Å²) in [6.45, 7) is 0. The molecule has 0 unspecified atom stereocenters. The molecule has 0 radical (unpaired) electrons. The number of para-hydroxylation sites is 3. The summed E-state index contributed by atoms with van der Waals surface area (Å²) in [7, 11) is 0. The van der Waals surface area contributed by atoms with E-state index < -0.39 is 0 Å². The first-order chi connectivity index (χ1) is 25.7. The second-order valence-corrected chi connectivity index (χ2v) is 14.6. The van der Waals surface area contributed by atoms with Crippen molar-refractivity contribution < 1.29 is 8.83 Å². The average molecular weight is 683 g/mol. The highest BCUT2D eigenvalue weighted by atomic mass is 32.1. The molecule has 0 saturated carbocycles. The number of aromatic nitrogens is 2. The molecule has 5 heterocycles. The second kappa shape index (κ2) is 10.4. The van der Waals surface area contributed by atoms with Crippen LogP contribution in [-0.4, -0.2) is 9.55 Å². The van der Waals surface area contributed by atoms with Crippen molar-refractivity contribution in [2.75, 3.05) is 0 Å². The molecule has 0 saturated heterocycles. The normalized spacial score (nSPS) is 12.2. The summed E-state index contributed by atoms with van der Waals surface area (Å²) < 4.78 is 17.7. The minimum absolute atomic E-state index is 0.859. The fourth-order valence-corrected chi connectivity index (χ4v) is 9.38. The Morgan fingerprint density at radius 3 is 1.90 bits per heavy atom. The van der Waals surface area contributed by atoms with E-state index >= 15 is 0 Å². The number of hydrogen-bond acceptors (Lipinski definition) is 4. The molecular formula is C47H26N2O2S. The molecule has 0 atom stereocenters. The van der Waals surface area contributed by atoms with Crippen LogP contribution >= 0.6 is 11.3 Å². The quantitative estimate of drug-likeness (QED) is 0.186. The van der Waals surface area contributed by atoms with Gasteiger partial charge in [-0.3, -0.25) is 4.57 Å². The van der Waals surface area contributed by atoms with Gasteiger partial charge in [0, 0.05) is 58.1 Å². The maximum atomic E-state index is 6.48.